The number of ether oxygens (including phenoxy) is 1. The van der Waals surface area contributed by atoms with Gasteiger partial charge < -0.3 is 66.9 Å². The molecule has 0 fully saturated rings. The predicted octanol–water partition coefficient (Wildman–Crippen LogP) is 25.6. The fourth-order valence-electron chi connectivity index (χ4n) is 13.8. The lowest BCUT2D eigenvalue weighted by molar-refractivity contribution is 0.0944. The van der Waals surface area contributed by atoms with Gasteiger partial charge in [-0.3, -0.25) is 9.78 Å². The number of aromatic nitrogens is 2. The summed E-state index contributed by atoms with van der Waals surface area (Å²) >= 11 is 3.69. The molecule has 0 saturated heterocycles. The summed E-state index contributed by atoms with van der Waals surface area (Å²) < 4.78 is 8.76. The van der Waals surface area contributed by atoms with Crippen molar-refractivity contribution in [2.75, 3.05) is 46.1 Å². The molecule has 0 aliphatic heterocycles. The molecule has 15 nitrogen and oxygen atoms in total. The van der Waals surface area contributed by atoms with Crippen molar-refractivity contribution in [3.05, 3.63) is 308 Å². The van der Waals surface area contributed by atoms with E-state index in [9.17, 15) is 20.1 Å². The van der Waals surface area contributed by atoms with Crippen LogP contribution >= 0.6 is 15.9 Å². The number of pyridine rings is 1. The van der Waals surface area contributed by atoms with Crippen molar-refractivity contribution in [1.29, 1.82) is 0 Å². The number of halogens is 1. The average Bonchev–Trinajstić information content (AvgIpc) is 1.61. The first-order chi connectivity index (χ1) is 64.0. The fraction of sp³-hybridized carbons (Fsp3) is 0.443. The Labute approximate surface area is 797 Å². The van der Waals surface area contributed by atoms with Gasteiger partial charge in [0.15, 0.2) is 0 Å². The van der Waals surface area contributed by atoms with Gasteiger partial charge in [0.25, 0.3) is 5.91 Å². The van der Waals surface area contributed by atoms with E-state index >= 15 is 0 Å². The summed E-state index contributed by atoms with van der Waals surface area (Å²) in [7, 11) is 0. The Balaban J connectivity index is 0.000000400. The van der Waals surface area contributed by atoms with Gasteiger partial charge in [0.2, 0.25) is 0 Å². The van der Waals surface area contributed by atoms with Crippen LogP contribution in [0.5, 0.6) is 5.75 Å². The minimum absolute atomic E-state index is 0.0113. The van der Waals surface area contributed by atoms with Gasteiger partial charge in [-0.05, 0) is 238 Å². The summed E-state index contributed by atoms with van der Waals surface area (Å²) in [5.74, 6) is 7.55. The Hall–Kier alpha value is -9.42. The van der Waals surface area contributed by atoms with Crippen molar-refractivity contribution in [3.8, 4) is 51.0 Å². The fourth-order valence-corrected chi connectivity index (χ4v) is 14.5. The van der Waals surface area contributed by atoms with Crippen molar-refractivity contribution < 1.29 is 50.4 Å². The van der Waals surface area contributed by atoms with Crippen molar-refractivity contribution in [2.45, 2.75) is 282 Å². The van der Waals surface area contributed by atoms with E-state index in [0.717, 1.165) is 178 Å². The molecule has 2 aromatic heterocycles. The molecular weight excluding hydrogens is 1690 g/mol. The number of hydrogen-bond acceptors (Lipinski definition) is 13. The van der Waals surface area contributed by atoms with E-state index in [1.165, 1.54) is 131 Å². The van der Waals surface area contributed by atoms with Crippen LogP contribution in [0.2, 0.25) is 0 Å². The first kappa shape index (κ1) is 116. The SMILES string of the molecule is CCC(CO)CCCCN.CCCCCCCCCCCO.CCCCCCCCCO.CCCCN.CCCCO.CCCNC(=O)c1c(Br)c2ccc(-c3cccnc3)cc2n1Cc1ccc(CO)cc1.CCc1cc(CO)cc(-c2cccc(OCc3ccccc3)c2)c1.CCc1cc(CO)cc(-c2ccccc2)c1.CCc1cccc(C#Cc2ccc(CO)cc2)c1. The van der Waals surface area contributed by atoms with Gasteiger partial charge >= 0.3 is 0 Å². The van der Waals surface area contributed by atoms with Gasteiger partial charge in [0, 0.05) is 74.0 Å². The molecule has 1 amide bonds. The number of fused-ring (bicyclic) bond motifs is 1. The number of aliphatic hydroxyl groups is 8. The summed E-state index contributed by atoms with van der Waals surface area (Å²) in [6.07, 6.45) is 37.1. The maximum absolute atomic E-state index is 13.1. The van der Waals surface area contributed by atoms with E-state index < -0.39 is 0 Å². The van der Waals surface area contributed by atoms with Crippen LogP contribution in [-0.4, -0.2) is 102 Å². The highest BCUT2D eigenvalue weighted by molar-refractivity contribution is 9.10. The number of aliphatic hydroxyl groups excluding tert-OH is 8. The Morgan fingerprint density at radius 3 is 1.35 bits per heavy atom. The lowest BCUT2D eigenvalue weighted by atomic mass is 9.99. The second kappa shape index (κ2) is 76.0. The van der Waals surface area contributed by atoms with Gasteiger partial charge in [0.1, 0.15) is 18.1 Å². The number of nitrogens with zero attached hydrogens (tertiary/aromatic N) is 2. The summed E-state index contributed by atoms with van der Waals surface area (Å²) in [5.41, 5.74) is 30.4. The molecule has 131 heavy (non-hydrogen) atoms. The highest BCUT2D eigenvalue weighted by atomic mass is 79.9. The Morgan fingerprint density at radius 1 is 0.397 bits per heavy atom. The number of amides is 1. The minimum atomic E-state index is -0.0974. The smallest absolute Gasteiger partial charge is 0.269 e. The number of nitrogens with one attached hydrogen (secondary N) is 1. The minimum Gasteiger partial charge on any atom is -0.489 e. The summed E-state index contributed by atoms with van der Waals surface area (Å²) in [5, 5.41) is 74.9. The zero-order chi connectivity index (χ0) is 95.5. The lowest BCUT2D eigenvalue weighted by Gasteiger charge is -2.12. The van der Waals surface area contributed by atoms with Crippen LogP contribution in [0.3, 0.4) is 0 Å². The Kier molecular flexibility index (Phi) is 67.2. The average molecular weight is 1850 g/mol. The first-order valence-corrected chi connectivity index (χ1v) is 49.5. The van der Waals surface area contributed by atoms with Crippen molar-refractivity contribution in [2.24, 2.45) is 17.4 Å². The van der Waals surface area contributed by atoms with Crippen molar-refractivity contribution in [1.82, 2.24) is 14.9 Å². The number of nitrogens with two attached hydrogens (primary N) is 2. The van der Waals surface area contributed by atoms with Crippen LogP contribution in [0, 0.1) is 17.8 Å². The standard InChI is InChI=1S/C25H24BrN3O2.C22H22O2.C17H16O.C15H16O.C11H24O.C9H20O.C8H19NO.C4H11N.C4H10O/c1-2-11-28-25(31)24-23(26)21-10-9-19(20-4-3-12-27-14-20)13-22(21)29(24)15-17-5-7-18(16-30)8-6-17;1-2-17-11-19(15-23)13-21(12-17)20-9-6-10-22(14-20)24-16-18-7-4-3-5-8-18;1-2-14-4-3-5-16(12-14)9-6-15-7-10-17(13-18)11-8-15;1-2-12-8-13(11-16)10-15(9-12)14-6-4-3-5-7-14;1-2-3-4-5-6-7-8-9-10-11-12;1-2-3-4-5-6-7-8-9-10;1-2-8(7-10)5-3-4-6-9;2*1-2-3-4-5/h3-10,12-14,30H,2,11,15-16H2,1H3,(H,28,31);3-14,23H,2,15-16H2,1H3;3-5,7-8,10-12,18H,2,13H2,1H3;3-10,16H,2,11H2,1H3;12H,2-11H2,1H3;10H,2-9H2,1H3;8,10H,2-7,9H2,1H3;2-5H2,1H3;5H,2-4H2,1H3. The largest absolute Gasteiger partial charge is 0.489 e. The summed E-state index contributed by atoms with van der Waals surface area (Å²) in [6.45, 7) is 24.2. The van der Waals surface area contributed by atoms with E-state index in [2.05, 4.69) is 189 Å². The number of aryl methyl sites for hydroxylation is 3. The van der Waals surface area contributed by atoms with Crippen LogP contribution in [0.25, 0.3) is 44.3 Å². The quantitative estimate of drug-likeness (QED) is 0.0125. The van der Waals surface area contributed by atoms with E-state index in [1.807, 2.05) is 147 Å². The number of unbranched alkanes of at least 4 members (excludes halogenated alkanes) is 17. The van der Waals surface area contributed by atoms with E-state index in [0.29, 0.717) is 57.7 Å². The van der Waals surface area contributed by atoms with Crippen LogP contribution in [-0.2, 0) is 58.8 Å². The third kappa shape index (κ3) is 49.8. The zero-order valence-corrected chi connectivity index (χ0v) is 82.5. The van der Waals surface area contributed by atoms with Crippen molar-refractivity contribution >= 4 is 32.7 Å². The number of benzene rings is 9. The third-order valence-corrected chi connectivity index (χ3v) is 22.7. The number of hydrogen-bond donors (Lipinski definition) is 11. The molecule has 1 atom stereocenters. The first-order valence-electron chi connectivity index (χ1n) is 48.7. The molecule has 9 aromatic carbocycles. The maximum Gasteiger partial charge on any atom is 0.269 e. The molecule has 0 bridgehead atoms. The molecule has 13 N–H and O–H groups in total. The molecule has 11 aromatic rings. The van der Waals surface area contributed by atoms with Crippen LogP contribution in [0.15, 0.2) is 241 Å². The van der Waals surface area contributed by atoms with Gasteiger partial charge in [0.05, 0.1) is 36.4 Å². The summed E-state index contributed by atoms with van der Waals surface area (Å²) in [4.78, 5) is 17.3. The second-order valence-electron chi connectivity index (χ2n) is 32.7. The highest BCUT2D eigenvalue weighted by Crippen LogP contribution is 2.36. The molecule has 0 aliphatic carbocycles. The van der Waals surface area contributed by atoms with E-state index in [4.69, 9.17) is 41.7 Å². The monoisotopic (exact) mass is 1850 g/mol. The van der Waals surface area contributed by atoms with Crippen LogP contribution in [0.4, 0.5) is 0 Å². The molecule has 16 heteroatoms. The molecule has 1 unspecified atom stereocenters. The molecule has 0 spiro atoms. The van der Waals surface area contributed by atoms with Gasteiger partial charge in [-0.2, -0.15) is 0 Å². The van der Waals surface area contributed by atoms with Gasteiger partial charge in [-0.25, -0.2) is 0 Å². The Bertz CT molecular complexity index is 4650. The third-order valence-electron chi connectivity index (χ3n) is 21.9. The molecule has 0 radical (unpaired) electrons. The second-order valence-corrected chi connectivity index (χ2v) is 33.5. The van der Waals surface area contributed by atoms with Crippen LogP contribution < -0.4 is 21.5 Å². The maximum atomic E-state index is 13.1. The molecule has 11 rings (SSSR count). The molecule has 2 heterocycles. The molecule has 0 aliphatic rings. The van der Waals surface area contributed by atoms with Crippen molar-refractivity contribution in [3.63, 3.8) is 0 Å². The number of carbonyl (C=O) groups excluding carboxylic acids is 1. The number of carbonyl (C=O) groups is 1. The molecular formula is C115H162BrN5O10. The predicted molar refractivity (Wildman–Crippen MR) is 555 cm³/mol. The van der Waals surface area contributed by atoms with Crippen LogP contribution in [0.1, 0.15) is 295 Å². The normalized spacial score (nSPS) is 10.6. The van der Waals surface area contributed by atoms with E-state index in [1.54, 1.807) is 6.20 Å². The van der Waals surface area contributed by atoms with E-state index in [-0.39, 0.29) is 32.3 Å². The Morgan fingerprint density at radius 2 is 0.870 bits per heavy atom. The summed E-state index contributed by atoms with van der Waals surface area (Å²) in [6, 6.07) is 75.0. The van der Waals surface area contributed by atoms with Gasteiger partial charge in [-0.15, -0.1) is 0 Å². The number of rotatable bonds is 44. The highest BCUT2D eigenvalue weighted by Gasteiger charge is 2.22. The van der Waals surface area contributed by atoms with Gasteiger partial charge in [-0.1, -0.05) is 354 Å². The molecule has 714 valence electrons. The zero-order valence-electron chi connectivity index (χ0n) is 80.9. The molecule has 0 saturated carbocycles. The lowest BCUT2D eigenvalue weighted by Crippen LogP contribution is -2.27. The topological polar surface area (TPSA) is 270 Å².